The molecule has 19 aromatic carbocycles. The predicted molar refractivity (Wildman–Crippen MR) is 520 cm³/mol. The minimum atomic E-state index is -0.179. The Balaban J connectivity index is 0.623. The zero-order valence-electron chi connectivity index (χ0n) is 69.3. The largest absolute Gasteiger partial charge is 0.456 e. The van der Waals surface area contributed by atoms with Crippen LogP contribution in [-0.2, 0) is 10.8 Å². The zero-order valence-corrected chi connectivity index (χ0v) is 69.3. The van der Waals surface area contributed by atoms with Crippen molar-refractivity contribution < 1.29 is 8.83 Å². The van der Waals surface area contributed by atoms with Crippen molar-refractivity contribution >= 4 is 78.0 Å². The SMILES string of the molecule is CC1(C)c2ccccc2-c2c(-c3ccccc3N(c3cccc(-c4ccc5oc6ccccc6c5c4)c3)c3ccc(-c4cccc(-c5ccc6c(c5)oc5ccc(-c7cccc(N(c8ccccc8-c8ccccc8-c8ccccc8-c8ccccc8)c8ccccc8-c8cccc9c8-c8ccccc8C9(C)C)c7)cc56)c4)c(-c4ccccc4)c3)cccc21. The van der Waals surface area contributed by atoms with Crippen molar-refractivity contribution in [3.8, 4) is 134 Å². The number of para-hydroxylation sites is 4. The van der Waals surface area contributed by atoms with Crippen LogP contribution in [0.15, 0.2) is 446 Å². The molecule has 0 N–H and O–H groups in total. The summed E-state index contributed by atoms with van der Waals surface area (Å²) < 4.78 is 13.3. The summed E-state index contributed by atoms with van der Waals surface area (Å²) in [5.41, 5.74) is 42.6. The first-order valence-electron chi connectivity index (χ1n) is 43.0. The summed E-state index contributed by atoms with van der Waals surface area (Å²) in [4.78, 5) is 4.99. The fourth-order valence-corrected chi connectivity index (χ4v) is 20.4. The quantitative estimate of drug-likeness (QED) is 0.0965. The topological polar surface area (TPSA) is 32.8 Å². The first-order chi connectivity index (χ1) is 61.0. The van der Waals surface area contributed by atoms with Gasteiger partial charge in [-0.05, 0) is 242 Å². The lowest BCUT2D eigenvalue weighted by atomic mass is 9.82. The molecule has 4 heteroatoms. The van der Waals surface area contributed by atoms with Crippen LogP contribution in [0.5, 0.6) is 0 Å². The highest BCUT2D eigenvalue weighted by Crippen LogP contribution is 2.58. The molecule has 0 aliphatic heterocycles. The second-order valence-electron chi connectivity index (χ2n) is 34.1. The van der Waals surface area contributed by atoms with Crippen LogP contribution in [0.1, 0.15) is 49.9 Å². The molecule has 0 unspecified atom stereocenters. The summed E-state index contributed by atoms with van der Waals surface area (Å²) in [5.74, 6) is 0. The molecule has 586 valence electrons. The van der Waals surface area contributed by atoms with Gasteiger partial charge in [0.05, 0.1) is 17.1 Å². The number of fused-ring (bicyclic) bond motifs is 12. The summed E-state index contributed by atoms with van der Waals surface area (Å²) in [6, 6.07) is 161. The van der Waals surface area contributed by atoms with Gasteiger partial charge in [0.2, 0.25) is 0 Å². The highest BCUT2D eigenvalue weighted by Gasteiger charge is 2.39. The van der Waals surface area contributed by atoms with E-state index in [0.717, 1.165) is 161 Å². The van der Waals surface area contributed by atoms with Crippen LogP contribution in [0.4, 0.5) is 34.1 Å². The Kier molecular flexibility index (Phi) is 17.6. The van der Waals surface area contributed by atoms with Crippen LogP contribution < -0.4 is 9.80 Å². The van der Waals surface area contributed by atoms with Gasteiger partial charge in [-0.3, -0.25) is 0 Å². The first kappa shape index (κ1) is 73.5. The maximum absolute atomic E-state index is 6.96. The van der Waals surface area contributed by atoms with Crippen LogP contribution in [-0.4, -0.2) is 0 Å². The molecule has 2 aromatic heterocycles. The Morgan fingerprint density at radius 3 is 1.08 bits per heavy atom. The van der Waals surface area contributed by atoms with E-state index in [0.29, 0.717) is 0 Å². The van der Waals surface area contributed by atoms with E-state index in [2.05, 4.69) is 462 Å². The molecule has 4 nitrogen and oxygen atoms in total. The molecule has 124 heavy (non-hydrogen) atoms. The van der Waals surface area contributed by atoms with Gasteiger partial charge >= 0.3 is 0 Å². The number of hydrogen-bond acceptors (Lipinski definition) is 4. The van der Waals surface area contributed by atoms with E-state index in [1.54, 1.807) is 0 Å². The maximum atomic E-state index is 6.96. The number of benzene rings is 19. The molecule has 2 aliphatic rings. The van der Waals surface area contributed by atoms with E-state index in [4.69, 9.17) is 8.83 Å². The van der Waals surface area contributed by atoms with E-state index in [-0.39, 0.29) is 10.8 Å². The number of hydrogen-bond donors (Lipinski definition) is 0. The third-order valence-corrected chi connectivity index (χ3v) is 26.3. The molecule has 0 atom stereocenters. The van der Waals surface area contributed by atoms with E-state index in [1.165, 1.54) is 72.3 Å². The van der Waals surface area contributed by atoms with Crippen molar-refractivity contribution in [2.24, 2.45) is 0 Å². The lowest BCUT2D eigenvalue weighted by Crippen LogP contribution is -2.15. The lowest BCUT2D eigenvalue weighted by Gasteiger charge is -2.31. The fraction of sp³-hybridized carbons (Fsp3) is 0.0500. The smallest absolute Gasteiger partial charge is 0.136 e. The molecule has 0 amide bonds. The number of anilines is 6. The highest BCUT2D eigenvalue weighted by atomic mass is 16.3. The molecule has 0 saturated heterocycles. The molecule has 0 saturated carbocycles. The van der Waals surface area contributed by atoms with Crippen molar-refractivity contribution in [3.63, 3.8) is 0 Å². The second kappa shape index (κ2) is 29.7. The summed E-state index contributed by atoms with van der Waals surface area (Å²) in [7, 11) is 0. The van der Waals surface area contributed by atoms with Gasteiger partial charge in [-0.1, -0.05) is 361 Å². The predicted octanol–water partition coefficient (Wildman–Crippen LogP) is 33.7. The van der Waals surface area contributed by atoms with Gasteiger partial charge in [0.15, 0.2) is 0 Å². The third kappa shape index (κ3) is 12.3. The summed E-state index contributed by atoms with van der Waals surface area (Å²) in [6.45, 7) is 9.47. The fourth-order valence-electron chi connectivity index (χ4n) is 20.4. The van der Waals surface area contributed by atoms with Crippen LogP contribution in [0.2, 0.25) is 0 Å². The van der Waals surface area contributed by atoms with Gasteiger partial charge in [0.25, 0.3) is 0 Å². The highest BCUT2D eigenvalue weighted by molar-refractivity contribution is 6.10. The molecule has 2 heterocycles. The van der Waals surface area contributed by atoms with E-state index < -0.39 is 0 Å². The van der Waals surface area contributed by atoms with Crippen molar-refractivity contribution in [1.82, 2.24) is 0 Å². The Morgan fingerprint density at radius 2 is 0.508 bits per heavy atom. The Morgan fingerprint density at radius 1 is 0.169 bits per heavy atom. The van der Waals surface area contributed by atoms with Crippen molar-refractivity contribution in [2.45, 2.75) is 38.5 Å². The average molecular weight is 1590 g/mol. The molecule has 2 aliphatic carbocycles. The Bertz CT molecular complexity index is 7830. The van der Waals surface area contributed by atoms with Crippen LogP contribution in [0.25, 0.3) is 177 Å². The molecule has 23 rings (SSSR count). The average Bonchev–Trinajstić information content (AvgIpc) is 1.55. The third-order valence-electron chi connectivity index (χ3n) is 26.3. The molecule has 0 bridgehead atoms. The normalized spacial score (nSPS) is 12.8. The first-order valence-corrected chi connectivity index (χ1v) is 43.0. The van der Waals surface area contributed by atoms with E-state index >= 15 is 0 Å². The van der Waals surface area contributed by atoms with Gasteiger partial charge in [-0.15, -0.1) is 0 Å². The van der Waals surface area contributed by atoms with Crippen molar-refractivity contribution in [1.29, 1.82) is 0 Å². The minimum Gasteiger partial charge on any atom is -0.456 e. The van der Waals surface area contributed by atoms with Gasteiger partial charge in [-0.25, -0.2) is 0 Å². The Labute approximate surface area is 722 Å². The summed E-state index contributed by atoms with van der Waals surface area (Å²) in [6.07, 6.45) is 0. The van der Waals surface area contributed by atoms with Crippen LogP contribution >= 0.6 is 0 Å². The van der Waals surface area contributed by atoms with Crippen molar-refractivity contribution in [3.05, 3.63) is 459 Å². The summed E-state index contributed by atoms with van der Waals surface area (Å²) in [5, 5.41) is 4.32. The van der Waals surface area contributed by atoms with Crippen LogP contribution in [0.3, 0.4) is 0 Å². The van der Waals surface area contributed by atoms with E-state index in [9.17, 15) is 0 Å². The molecular weight excluding hydrogens is 1500 g/mol. The number of furan rings is 2. The standard InChI is InChI=1S/C120H84N2O2/c1-119(2)106-54-21-15-50-101(106)117-99(52-30-56-108(117)119)95-47-18-23-58-110(95)121(86-40-28-37-80(71-86)82-63-68-114-104(73-82)97-49-20-26-61-113(97)123-114)88-65-67-90(103(76-88)78-34-9-6-10-35-78)85-39-27-36-79(70-85)84-62-66-98-105-74-83(64-69-115(105)124-116(98)75-84)81-38-29-41-87(72-81)122(112-60-25-19-48-96(112)100-53-31-57-109-118(100)102-51-16-22-55-107(102)120(109,3)4)111-59-24-17-46-94(111)93-45-14-13-44-92(93)91-43-12-11-42-89(91)77-32-7-5-8-33-77/h5-76H,1-4H3. The van der Waals surface area contributed by atoms with Gasteiger partial charge < -0.3 is 18.6 Å². The van der Waals surface area contributed by atoms with Gasteiger partial charge in [0.1, 0.15) is 22.3 Å². The minimum absolute atomic E-state index is 0.173. The molecular formula is C120H84N2O2. The monoisotopic (exact) mass is 1580 g/mol. The van der Waals surface area contributed by atoms with E-state index in [1.807, 2.05) is 12.1 Å². The lowest BCUT2D eigenvalue weighted by molar-refractivity contribution is 0.660. The maximum Gasteiger partial charge on any atom is 0.136 e. The number of nitrogens with zero attached hydrogens (tertiary/aromatic N) is 2. The zero-order chi connectivity index (χ0) is 82.7. The Hall–Kier alpha value is -15.6. The molecule has 21 aromatic rings. The van der Waals surface area contributed by atoms with Crippen LogP contribution in [0, 0.1) is 0 Å². The number of rotatable bonds is 16. The summed E-state index contributed by atoms with van der Waals surface area (Å²) >= 11 is 0. The van der Waals surface area contributed by atoms with Gasteiger partial charge in [-0.2, -0.15) is 0 Å². The molecule has 0 fully saturated rings. The molecule has 0 radical (unpaired) electrons. The van der Waals surface area contributed by atoms with Crippen molar-refractivity contribution in [2.75, 3.05) is 9.80 Å². The molecule has 0 spiro atoms. The second-order valence-corrected chi connectivity index (χ2v) is 34.1. The van der Waals surface area contributed by atoms with Gasteiger partial charge in [0, 0.05) is 66.1 Å².